The number of aromatic nitrogens is 1. The fourth-order valence-corrected chi connectivity index (χ4v) is 5.47. The lowest BCUT2D eigenvalue weighted by Gasteiger charge is -2.34. The van der Waals surface area contributed by atoms with Crippen LogP contribution in [0.2, 0.25) is 0 Å². The van der Waals surface area contributed by atoms with Crippen LogP contribution < -0.4 is 5.32 Å². The van der Waals surface area contributed by atoms with Crippen molar-refractivity contribution in [2.24, 2.45) is 0 Å². The van der Waals surface area contributed by atoms with Crippen molar-refractivity contribution in [2.75, 3.05) is 18.4 Å². The largest absolute Gasteiger partial charge is 0.373 e. The molecule has 1 aliphatic heterocycles. The van der Waals surface area contributed by atoms with E-state index in [9.17, 15) is 13.2 Å². The lowest BCUT2D eigenvalue weighted by molar-refractivity contribution is -0.0440. The maximum atomic E-state index is 13.0. The number of nitrogens with zero attached hydrogens (tertiary/aromatic N) is 2. The van der Waals surface area contributed by atoms with Crippen LogP contribution in [-0.4, -0.2) is 48.9 Å². The van der Waals surface area contributed by atoms with Crippen LogP contribution in [0.1, 0.15) is 29.9 Å². The second kappa shape index (κ2) is 8.37. The van der Waals surface area contributed by atoms with Crippen molar-refractivity contribution in [3.8, 4) is 0 Å². The molecule has 2 atom stereocenters. The zero-order chi connectivity index (χ0) is 22.2. The molecule has 31 heavy (non-hydrogen) atoms. The second-order valence-corrected chi connectivity index (χ2v) is 9.82. The van der Waals surface area contributed by atoms with E-state index in [-0.39, 0.29) is 23.0 Å². The van der Waals surface area contributed by atoms with Gasteiger partial charge in [-0.15, -0.1) is 0 Å². The number of morpholine rings is 1. The highest BCUT2D eigenvalue weighted by Gasteiger charge is 2.32. The molecule has 1 aromatic heterocycles. The van der Waals surface area contributed by atoms with E-state index in [2.05, 4.69) is 10.3 Å². The molecule has 1 N–H and O–H groups in total. The van der Waals surface area contributed by atoms with Crippen LogP contribution in [0.25, 0.3) is 10.9 Å². The zero-order valence-corrected chi connectivity index (χ0v) is 18.5. The van der Waals surface area contributed by atoms with Crippen LogP contribution in [-0.2, 0) is 14.8 Å². The predicted octanol–water partition coefficient (Wildman–Crippen LogP) is 3.59. The standard InChI is InChI=1S/C23H25N3O4S/c1-15-12-21(20-6-4-5-7-22(20)24-15)23(27)25-18-8-10-19(11-9-18)31(28,29)26-13-16(2)30-17(3)14-26/h4-12,16-17H,13-14H2,1-3H3,(H,25,27). The molecule has 2 aromatic carbocycles. The Hall–Kier alpha value is -2.81. The summed E-state index contributed by atoms with van der Waals surface area (Å²) in [5.41, 5.74) is 2.55. The summed E-state index contributed by atoms with van der Waals surface area (Å²) in [6, 6.07) is 15.5. The van der Waals surface area contributed by atoms with Crippen molar-refractivity contribution >= 4 is 32.5 Å². The summed E-state index contributed by atoms with van der Waals surface area (Å²) in [4.78, 5) is 17.6. The van der Waals surface area contributed by atoms with Crippen LogP contribution in [0.4, 0.5) is 5.69 Å². The number of ether oxygens (including phenoxy) is 1. The number of hydrogen-bond donors (Lipinski definition) is 1. The highest BCUT2D eigenvalue weighted by Crippen LogP contribution is 2.24. The molecule has 1 saturated heterocycles. The minimum Gasteiger partial charge on any atom is -0.373 e. The molecule has 0 spiro atoms. The predicted molar refractivity (Wildman–Crippen MR) is 120 cm³/mol. The highest BCUT2D eigenvalue weighted by molar-refractivity contribution is 7.89. The molecule has 1 fully saturated rings. The molecule has 8 heteroatoms. The molecule has 4 rings (SSSR count). The fourth-order valence-electron chi connectivity index (χ4n) is 3.88. The van der Waals surface area contributed by atoms with Gasteiger partial charge in [0.25, 0.3) is 5.91 Å². The average Bonchev–Trinajstić information content (AvgIpc) is 2.72. The summed E-state index contributed by atoms with van der Waals surface area (Å²) in [5.74, 6) is -0.270. The summed E-state index contributed by atoms with van der Waals surface area (Å²) < 4.78 is 33.1. The van der Waals surface area contributed by atoms with E-state index < -0.39 is 10.0 Å². The van der Waals surface area contributed by atoms with Crippen LogP contribution in [0.5, 0.6) is 0 Å². The molecule has 0 saturated carbocycles. The van der Waals surface area contributed by atoms with Gasteiger partial charge in [-0.1, -0.05) is 18.2 Å². The Morgan fingerprint density at radius 1 is 1.06 bits per heavy atom. The molecular weight excluding hydrogens is 414 g/mol. The van der Waals surface area contributed by atoms with Crippen LogP contribution in [0.3, 0.4) is 0 Å². The molecule has 3 aromatic rings. The molecular formula is C23H25N3O4S. The van der Waals surface area contributed by atoms with Gasteiger partial charge in [-0.3, -0.25) is 9.78 Å². The summed E-state index contributed by atoms with van der Waals surface area (Å²) in [5, 5.41) is 3.62. The minimum atomic E-state index is -3.63. The Labute approximate surface area is 182 Å². The van der Waals surface area contributed by atoms with Crippen molar-refractivity contribution in [3.05, 3.63) is 65.9 Å². The molecule has 162 valence electrons. The number of sulfonamides is 1. The van der Waals surface area contributed by atoms with Crippen molar-refractivity contribution in [1.29, 1.82) is 0 Å². The first-order valence-electron chi connectivity index (χ1n) is 10.2. The van der Waals surface area contributed by atoms with Gasteiger partial charge in [0, 0.05) is 29.9 Å². The third-order valence-electron chi connectivity index (χ3n) is 5.22. The van der Waals surface area contributed by atoms with Gasteiger partial charge in [-0.2, -0.15) is 4.31 Å². The molecule has 1 amide bonds. The summed E-state index contributed by atoms with van der Waals surface area (Å²) >= 11 is 0. The highest BCUT2D eigenvalue weighted by atomic mass is 32.2. The monoisotopic (exact) mass is 439 g/mol. The molecule has 2 heterocycles. The SMILES string of the molecule is Cc1cc(C(=O)Nc2ccc(S(=O)(=O)N3CC(C)OC(C)C3)cc2)c2ccccc2n1. The summed E-state index contributed by atoms with van der Waals surface area (Å²) in [6.07, 6.45) is -0.313. The summed E-state index contributed by atoms with van der Waals surface area (Å²) in [7, 11) is -3.63. The van der Waals surface area contributed by atoms with E-state index in [0.29, 0.717) is 24.3 Å². The number of rotatable bonds is 4. The normalized spacial score (nSPS) is 20.0. The topological polar surface area (TPSA) is 88.6 Å². The third-order valence-corrected chi connectivity index (χ3v) is 7.07. The first kappa shape index (κ1) is 21.4. The number of pyridine rings is 1. The molecule has 1 aliphatic rings. The molecule has 2 unspecified atom stereocenters. The van der Waals surface area contributed by atoms with Crippen molar-refractivity contribution < 1.29 is 17.9 Å². The Kier molecular flexibility index (Phi) is 5.79. The molecule has 0 bridgehead atoms. The van der Waals surface area contributed by atoms with E-state index in [4.69, 9.17) is 4.74 Å². The lowest BCUT2D eigenvalue weighted by atomic mass is 10.1. The number of hydrogen-bond acceptors (Lipinski definition) is 5. The van der Waals surface area contributed by atoms with Crippen molar-refractivity contribution in [2.45, 2.75) is 37.9 Å². The Bertz CT molecular complexity index is 1220. The number of fused-ring (bicyclic) bond motifs is 1. The fraction of sp³-hybridized carbons (Fsp3) is 0.304. The minimum absolute atomic E-state index is 0.157. The van der Waals surface area contributed by atoms with Gasteiger partial charge >= 0.3 is 0 Å². The number of carbonyl (C=O) groups is 1. The van der Waals surface area contributed by atoms with Crippen LogP contribution >= 0.6 is 0 Å². The van der Waals surface area contributed by atoms with E-state index in [1.165, 1.54) is 16.4 Å². The number of carbonyl (C=O) groups excluding carboxylic acids is 1. The van der Waals surface area contributed by atoms with Gasteiger partial charge < -0.3 is 10.1 Å². The molecule has 7 nitrogen and oxygen atoms in total. The quantitative estimate of drug-likeness (QED) is 0.671. The van der Waals surface area contributed by atoms with Crippen LogP contribution in [0.15, 0.2) is 59.5 Å². The Morgan fingerprint density at radius 3 is 2.39 bits per heavy atom. The number of aryl methyl sites for hydroxylation is 1. The van der Waals surface area contributed by atoms with Gasteiger partial charge in [-0.25, -0.2) is 8.42 Å². The van der Waals surface area contributed by atoms with Crippen molar-refractivity contribution in [3.63, 3.8) is 0 Å². The van der Waals surface area contributed by atoms with Gasteiger partial charge in [0.1, 0.15) is 0 Å². The average molecular weight is 440 g/mol. The van der Waals surface area contributed by atoms with Gasteiger partial charge in [0.2, 0.25) is 10.0 Å². The number of anilines is 1. The van der Waals surface area contributed by atoms with Gasteiger partial charge in [-0.05, 0) is 57.2 Å². The van der Waals surface area contributed by atoms with Gasteiger partial charge in [0.05, 0.1) is 28.2 Å². The summed E-state index contributed by atoms with van der Waals surface area (Å²) in [6.45, 7) is 6.21. The first-order chi connectivity index (χ1) is 14.7. The lowest BCUT2D eigenvalue weighted by Crippen LogP contribution is -2.48. The molecule has 0 radical (unpaired) electrons. The van der Waals surface area contributed by atoms with E-state index in [1.54, 1.807) is 18.2 Å². The van der Waals surface area contributed by atoms with Crippen LogP contribution in [0, 0.1) is 6.92 Å². The Morgan fingerprint density at radius 2 is 1.71 bits per heavy atom. The smallest absolute Gasteiger partial charge is 0.256 e. The first-order valence-corrected chi connectivity index (χ1v) is 11.6. The van der Waals surface area contributed by atoms with E-state index in [0.717, 1.165) is 16.6 Å². The van der Waals surface area contributed by atoms with Crippen molar-refractivity contribution in [1.82, 2.24) is 9.29 Å². The zero-order valence-electron chi connectivity index (χ0n) is 17.7. The molecule has 0 aliphatic carbocycles. The third kappa shape index (κ3) is 4.46. The number of benzene rings is 2. The maximum absolute atomic E-state index is 13.0. The number of nitrogens with one attached hydrogen (secondary N) is 1. The second-order valence-electron chi connectivity index (χ2n) is 7.89. The van der Waals surface area contributed by atoms with E-state index in [1.807, 2.05) is 45.0 Å². The maximum Gasteiger partial charge on any atom is 0.256 e. The number of para-hydroxylation sites is 1. The Balaban J connectivity index is 1.55. The number of amides is 1. The van der Waals surface area contributed by atoms with Gasteiger partial charge in [0.15, 0.2) is 0 Å². The van der Waals surface area contributed by atoms with E-state index >= 15 is 0 Å².